The van der Waals surface area contributed by atoms with Crippen molar-refractivity contribution in [3.8, 4) is 0 Å². The van der Waals surface area contributed by atoms with Gasteiger partial charge in [-0.2, -0.15) is 13.2 Å². The summed E-state index contributed by atoms with van der Waals surface area (Å²) in [7, 11) is 0. The summed E-state index contributed by atoms with van der Waals surface area (Å²) < 4.78 is 38.1. The van der Waals surface area contributed by atoms with Crippen molar-refractivity contribution in [2.24, 2.45) is 5.92 Å². The van der Waals surface area contributed by atoms with Gasteiger partial charge in [-0.1, -0.05) is 24.3 Å². The molecule has 1 aliphatic heterocycles. The lowest BCUT2D eigenvalue weighted by Gasteiger charge is -2.30. The second kappa shape index (κ2) is 8.05. The number of nitrogens with one attached hydrogen (secondary N) is 2. The van der Waals surface area contributed by atoms with Crippen LogP contribution in [0, 0.1) is 5.92 Å². The summed E-state index contributed by atoms with van der Waals surface area (Å²) in [5, 5.41) is 3.23. The molecule has 0 saturated carbocycles. The van der Waals surface area contributed by atoms with Crippen molar-refractivity contribution in [1.29, 1.82) is 0 Å². The van der Waals surface area contributed by atoms with Crippen LogP contribution in [-0.4, -0.2) is 19.0 Å². The van der Waals surface area contributed by atoms with Gasteiger partial charge in [0, 0.05) is 12.0 Å². The van der Waals surface area contributed by atoms with E-state index < -0.39 is 11.7 Å². The normalized spacial score (nSPS) is 20.2. The number of piperidine rings is 1. The minimum absolute atomic E-state index is 0.0604. The zero-order valence-electron chi connectivity index (χ0n) is 16.1. The Morgan fingerprint density at radius 1 is 1.07 bits per heavy atom. The van der Waals surface area contributed by atoms with Crippen molar-refractivity contribution in [3.63, 3.8) is 0 Å². The number of fused-ring (bicyclic) bond motifs is 1. The van der Waals surface area contributed by atoms with Crippen molar-refractivity contribution in [1.82, 2.24) is 5.32 Å². The first-order chi connectivity index (χ1) is 13.9. The largest absolute Gasteiger partial charge is 0.419 e. The molecule has 1 aromatic carbocycles. The first kappa shape index (κ1) is 19.7. The third kappa shape index (κ3) is 4.38. The van der Waals surface area contributed by atoms with Crippen LogP contribution in [-0.2, 0) is 17.4 Å². The van der Waals surface area contributed by atoms with Gasteiger partial charge in [-0.15, -0.1) is 0 Å². The molecule has 154 valence electrons. The van der Waals surface area contributed by atoms with Gasteiger partial charge in [0.05, 0.1) is 24.7 Å². The van der Waals surface area contributed by atoms with Crippen molar-refractivity contribution < 1.29 is 22.9 Å². The number of halogens is 3. The van der Waals surface area contributed by atoms with E-state index in [1.807, 2.05) is 17.0 Å². The molecular formula is C22H25F3N3O+. The maximum atomic E-state index is 12.8. The van der Waals surface area contributed by atoms with E-state index in [4.69, 9.17) is 0 Å². The van der Waals surface area contributed by atoms with E-state index in [2.05, 4.69) is 22.4 Å². The summed E-state index contributed by atoms with van der Waals surface area (Å²) in [5.74, 6) is 0.676. The second-order valence-corrected chi connectivity index (χ2v) is 7.87. The predicted molar refractivity (Wildman–Crippen MR) is 103 cm³/mol. The number of nitrogens with zero attached hydrogens (tertiary/aromatic N) is 1. The van der Waals surface area contributed by atoms with Crippen LogP contribution in [0.4, 0.5) is 19.0 Å². The number of hydrogen-bond acceptors (Lipinski definition) is 2. The summed E-state index contributed by atoms with van der Waals surface area (Å²) in [6, 6.07) is 10.9. The molecule has 1 amide bonds. The number of anilines is 1. The van der Waals surface area contributed by atoms with Crippen molar-refractivity contribution in [2.75, 3.05) is 18.0 Å². The summed E-state index contributed by atoms with van der Waals surface area (Å²) in [4.78, 5) is 17.6. The van der Waals surface area contributed by atoms with Gasteiger partial charge in [-0.05, 0) is 49.3 Å². The number of alkyl halides is 3. The maximum absolute atomic E-state index is 12.8. The van der Waals surface area contributed by atoms with Gasteiger partial charge in [0.2, 0.25) is 5.91 Å². The van der Waals surface area contributed by atoms with Crippen LogP contribution >= 0.6 is 0 Å². The Morgan fingerprint density at radius 2 is 1.83 bits per heavy atom. The molecule has 2 heterocycles. The lowest BCUT2D eigenvalue weighted by molar-refractivity contribution is -0.367. The molecule has 2 N–H and O–H groups in total. The third-order valence-corrected chi connectivity index (χ3v) is 6.02. The number of rotatable bonds is 3. The molecule has 2 aromatic rings. The summed E-state index contributed by atoms with van der Waals surface area (Å²) in [6.07, 6.45) is 1.12. The zero-order valence-corrected chi connectivity index (χ0v) is 16.1. The molecule has 0 spiro atoms. The Labute approximate surface area is 168 Å². The number of hydrogen-bond donors (Lipinski definition) is 1. The molecule has 0 bridgehead atoms. The predicted octanol–water partition coefficient (Wildman–Crippen LogP) is 3.93. The van der Waals surface area contributed by atoms with Crippen LogP contribution in [0.5, 0.6) is 0 Å². The average Bonchev–Trinajstić information content (AvgIpc) is 2.73. The highest BCUT2D eigenvalue weighted by molar-refractivity contribution is 5.79. The lowest BCUT2D eigenvalue weighted by Crippen LogP contribution is -2.43. The smallest absolute Gasteiger partial charge is 0.349 e. The van der Waals surface area contributed by atoms with Gasteiger partial charge >= 0.3 is 6.18 Å². The van der Waals surface area contributed by atoms with Crippen LogP contribution in [0.1, 0.15) is 48.4 Å². The number of amides is 1. The van der Waals surface area contributed by atoms with Crippen LogP contribution in [0.25, 0.3) is 0 Å². The molecule has 4 rings (SSSR count). The number of aryl methyl sites for hydroxylation is 1. The van der Waals surface area contributed by atoms with Crippen LogP contribution < -0.4 is 15.2 Å². The fourth-order valence-electron chi connectivity index (χ4n) is 4.37. The molecule has 7 heteroatoms. The molecule has 1 aromatic heterocycles. The zero-order chi connectivity index (χ0) is 20.4. The number of aromatic nitrogens is 1. The SMILES string of the molecule is O=C(N[C@H]1CCCc2ccccc21)C1CCN(c2ccc(C(F)(F)F)c[nH+]2)CC1. The number of pyridine rings is 1. The molecule has 2 aliphatic rings. The first-order valence-corrected chi connectivity index (χ1v) is 10.1. The minimum atomic E-state index is -4.35. The van der Waals surface area contributed by atoms with Crippen LogP contribution in [0.3, 0.4) is 0 Å². The van der Waals surface area contributed by atoms with E-state index >= 15 is 0 Å². The van der Waals surface area contributed by atoms with Gasteiger partial charge in [0.15, 0.2) is 0 Å². The summed E-state index contributed by atoms with van der Waals surface area (Å²) in [6.45, 7) is 1.28. The second-order valence-electron chi connectivity index (χ2n) is 7.87. The molecule has 1 fully saturated rings. The molecule has 4 nitrogen and oxygen atoms in total. The topological polar surface area (TPSA) is 46.5 Å². The minimum Gasteiger partial charge on any atom is -0.349 e. The highest BCUT2D eigenvalue weighted by Crippen LogP contribution is 2.31. The van der Waals surface area contributed by atoms with Gasteiger partial charge in [0.25, 0.3) is 5.82 Å². The average molecular weight is 404 g/mol. The van der Waals surface area contributed by atoms with Gasteiger partial charge in [0.1, 0.15) is 6.20 Å². The first-order valence-electron chi connectivity index (χ1n) is 10.1. The molecule has 29 heavy (non-hydrogen) atoms. The van der Waals surface area contributed by atoms with Gasteiger partial charge in [-0.25, -0.2) is 4.98 Å². The fourth-order valence-corrected chi connectivity index (χ4v) is 4.37. The molecule has 1 aliphatic carbocycles. The van der Waals surface area contributed by atoms with Crippen LogP contribution in [0.15, 0.2) is 42.6 Å². The lowest BCUT2D eigenvalue weighted by atomic mass is 9.87. The van der Waals surface area contributed by atoms with Crippen LogP contribution in [0.2, 0.25) is 0 Å². The van der Waals surface area contributed by atoms with E-state index in [9.17, 15) is 18.0 Å². The molecule has 1 atom stereocenters. The van der Waals surface area contributed by atoms with Crippen molar-refractivity contribution in [2.45, 2.75) is 44.3 Å². The van der Waals surface area contributed by atoms with E-state index in [1.165, 1.54) is 17.2 Å². The number of H-pyrrole nitrogens is 1. The van der Waals surface area contributed by atoms with E-state index in [0.717, 1.165) is 31.5 Å². The molecule has 0 radical (unpaired) electrons. The van der Waals surface area contributed by atoms with Gasteiger partial charge in [-0.3, -0.25) is 9.69 Å². The van der Waals surface area contributed by atoms with Crippen molar-refractivity contribution in [3.05, 3.63) is 59.3 Å². The van der Waals surface area contributed by atoms with Gasteiger partial charge < -0.3 is 5.32 Å². The molecular weight excluding hydrogens is 379 g/mol. The highest BCUT2D eigenvalue weighted by Gasteiger charge is 2.34. The Bertz CT molecular complexity index is 858. The third-order valence-electron chi connectivity index (χ3n) is 6.02. The Morgan fingerprint density at radius 3 is 2.52 bits per heavy atom. The fraction of sp³-hybridized carbons (Fsp3) is 0.455. The standard InChI is InChI=1S/C22H24F3N3O/c23-22(24,25)17-8-9-20(26-14-17)28-12-10-16(11-13-28)21(29)27-19-7-3-5-15-4-1-2-6-18(15)19/h1-2,4,6,8-9,14,16,19H,3,5,7,10-13H2,(H,27,29)/p+1/t19-/m0/s1. The highest BCUT2D eigenvalue weighted by atomic mass is 19.4. The molecule has 0 unspecified atom stereocenters. The Kier molecular flexibility index (Phi) is 5.48. The number of benzene rings is 1. The summed E-state index contributed by atoms with van der Waals surface area (Å²) >= 11 is 0. The number of carbonyl (C=O) groups is 1. The van der Waals surface area contributed by atoms with Crippen molar-refractivity contribution >= 4 is 11.7 Å². The maximum Gasteiger partial charge on any atom is 0.419 e. The number of aromatic amines is 1. The quantitative estimate of drug-likeness (QED) is 0.843. The van der Waals surface area contributed by atoms with E-state index in [-0.39, 0.29) is 17.9 Å². The van der Waals surface area contributed by atoms with E-state index in [0.29, 0.717) is 31.7 Å². The molecule has 1 saturated heterocycles. The Balaban J connectivity index is 1.33. The van der Waals surface area contributed by atoms with E-state index in [1.54, 1.807) is 0 Å². The number of carbonyl (C=O) groups excluding carboxylic acids is 1. The summed E-state index contributed by atoms with van der Waals surface area (Å²) in [5.41, 5.74) is 1.85. The Hall–Kier alpha value is -2.57. The monoisotopic (exact) mass is 404 g/mol.